The normalized spacial score (nSPS) is 8.75. The zero-order valence-corrected chi connectivity index (χ0v) is 6.51. The molecule has 0 unspecified atom stereocenters. The topological polar surface area (TPSA) is 37.3 Å². The summed E-state index contributed by atoms with van der Waals surface area (Å²) in [5.41, 5.74) is 1.22. The first kappa shape index (κ1) is 12.0. The van der Waals surface area contributed by atoms with Gasteiger partial charge in [-0.05, 0) is 17.7 Å². The predicted octanol–water partition coefficient (Wildman–Crippen LogP) is 1.48. The van der Waals surface area contributed by atoms with Crippen molar-refractivity contribution in [3.05, 3.63) is 35.4 Å². The number of hydrogen-bond acceptors (Lipinski definition) is 1. The van der Waals surface area contributed by atoms with Gasteiger partial charge < -0.3 is 5.11 Å². The molecule has 1 aromatic carbocycles. The van der Waals surface area contributed by atoms with Gasteiger partial charge in [0.2, 0.25) is 0 Å². The summed E-state index contributed by atoms with van der Waals surface area (Å²) < 4.78 is 0. The second kappa shape index (κ2) is 5.60. The number of benzene rings is 1. The SMILES string of the molecule is O=C(O)c1ccc(CCl)cc1.[NaH]. The Kier molecular flexibility index (Phi) is 5.59. The van der Waals surface area contributed by atoms with Crippen LogP contribution in [0.15, 0.2) is 24.3 Å². The van der Waals surface area contributed by atoms with Gasteiger partial charge in [-0.25, -0.2) is 4.79 Å². The van der Waals surface area contributed by atoms with Crippen LogP contribution < -0.4 is 0 Å². The van der Waals surface area contributed by atoms with Crippen LogP contribution in [0.25, 0.3) is 0 Å². The number of carbonyl (C=O) groups is 1. The first-order valence-electron chi connectivity index (χ1n) is 3.12. The van der Waals surface area contributed by atoms with Crippen LogP contribution in [-0.2, 0) is 5.88 Å². The number of hydrogen-bond donors (Lipinski definition) is 1. The molecule has 0 atom stereocenters. The van der Waals surface area contributed by atoms with Crippen LogP contribution in [0, 0.1) is 0 Å². The molecule has 0 bridgehead atoms. The van der Waals surface area contributed by atoms with E-state index in [4.69, 9.17) is 16.7 Å². The molecule has 4 heteroatoms. The van der Waals surface area contributed by atoms with Crippen molar-refractivity contribution in [2.24, 2.45) is 0 Å². The average Bonchev–Trinajstić information content (AvgIpc) is 2.05. The van der Waals surface area contributed by atoms with Gasteiger partial charge in [0.1, 0.15) is 0 Å². The zero-order valence-electron chi connectivity index (χ0n) is 5.75. The summed E-state index contributed by atoms with van der Waals surface area (Å²) in [5, 5.41) is 8.52. The van der Waals surface area contributed by atoms with Gasteiger partial charge in [0, 0.05) is 5.88 Å². The molecule has 0 fully saturated rings. The Labute approximate surface area is 97.8 Å². The van der Waals surface area contributed by atoms with Crippen LogP contribution in [0.4, 0.5) is 0 Å². The van der Waals surface area contributed by atoms with Crippen molar-refractivity contribution in [3.8, 4) is 0 Å². The maximum absolute atomic E-state index is 10.4. The number of rotatable bonds is 2. The van der Waals surface area contributed by atoms with E-state index < -0.39 is 5.97 Å². The zero-order chi connectivity index (χ0) is 8.27. The molecule has 0 aromatic heterocycles. The van der Waals surface area contributed by atoms with E-state index in [1.54, 1.807) is 24.3 Å². The van der Waals surface area contributed by atoms with Crippen LogP contribution in [0.3, 0.4) is 0 Å². The summed E-state index contributed by atoms with van der Waals surface area (Å²) in [6, 6.07) is 6.49. The Balaban J connectivity index is 0.00000121. The average molecular weight is 195 g/mol. The Morgan fingerprint density at radius 2 is 1.83 bits per heavy atom. The van der Waals surface area contributed by atoms with Crippen molar-refractivity contribution in [1.82, 2.24) is 0 Å². The molecule has 0 aliphatic rings. The predicted molar refractivity (Wildman–Crippen MR) is 50.1 cm³/mol. The number of carboxylic acids is 1. The van der Waals surface area contributed by atoms with Crippen molar-refractivity contribution in [3.63, 3.8) is 0 Å². The Bertz CT molecular complexity index is 258. The van der Waals surface area contributed by atoms with Gasteiger partial charge in [-0.1, -0.05) is 12.1 Å². The Hall–Kier alpha value is -0.0200. The number of carboxylic acid groups (broad SMARTS) is 1. The van der Waals surface area contributed by atoms with E-state index in [1.165, 1.54) is 0 Å². The van der Waals surface area contributed by atoms with Crippen molar-refractivity contribution in [2.45, 2.75) is 5.88 Å². The Morgan fingerprint density at radius 1 is 1.33 bits per heavy atom. The first-order chi connectivity index (χ1) is 5.24. The monoisotopic (exact) mass is 194 g/mol. The fourth-order valence-corrected chi connectivity index (χ4v) is 0.915. The van der Waals surface area contributed by atoms with Gasteiger partial charge in [-0.2, -0.15) is 0 Å². The van der Waals surface area contributed by atoms with Gasteiger partial charge in [-0.15, -0.1) is 11.6 Å². The minimum absolute atomic E-state index is 0. The van der Waals surface area contributed by atoms with Gasteiger partial charge in [0.25, 0.3) is 0 Å². The van der Waals surface area contributed by atoms with Gasteiger partial charge in [-0.3, -0.25) is 0 Å². The summed E-state index contributed by atoms with van der Waals surface area (Å²) in [6.07, 6.45) is 0. The van der Waals surface area contributed by atoms with Gasteiger partial charge in [0.05, 0.1) is 5.56 Å². The molecule has 0 amide bonds. The standard InChI is InChI=1S/C8H7ClO2.Na.H/c9-5-6-1-3-7(4-2-6)8(10)11;;/h1-4H,5H2,(H,10,11);;. The summed E-state index contributed by atoms with van der Waals surface area (Å²) >= 11 is 5.51. The van der Waals surface area contributed by atoms with E-state index in [1.807, 2.05) is 0 Å². The summed E-state index contributed by atoms with van der Waals surface area (Å²) in [4.78, 5) is 10.4. The third-order valence-corrected chi connectivity index (χ3v) is 1.66. The molecule has 0 heterocycles. The maximum atomic E-state index is 10.4. The number of alkyl halides is 1. The molecule has 12 heavy (non-hydrogen) atoms. The molecule has 0 aliphatic carbocycles. The molecule has 0 radical (unpaired) electrons. The van der Waals surface area contributed by atoms with Gasteiger partial charge >= 0.3 is 35.5 Å². The summed E-state index contributed by atoms with van der Waals surface area (Å²) in [6.45, 7) is 0. The van der Waals surface area contributed by atoms with Crippen LogP contribution in [-0.4, -0.2) is 40.6 Å². The molecule has 2 nitrogen and oxygen atoms in total. The summed E-state index contributed by atoms with van der Waals surface area (Å²) in [7, 11) is 0. The van der Waals surface area contributed by atoms with Crippen LogP contribution >= 0.6 is 11.6 Å². The van der Waals surface area contributed by atoms with Gasteiger partial charge in [0.15, 0.2) is 0 Å². The molecule has 0 saturated carbocycles. The van der Waals surface area contributed by atoms with E-state index in [-0.39, 0.29) is 29.6 Å². The number of halogens is 1. The second-order valence-corrected chi connectivity index (χ2v) is 2.40. The number of aromatic carboxylic acids is 1. The molecule has 0 saturated heterocycles. The molecule has 60 valence electrons. The molecule has 1 N–H and O–H groups in total. The van der Waals surface area contributed by atoms with E-state index >= 15 is 0 Å². The molecule has 0 spiro atoms. The quantitative estimate of drug-likeness (QED) is 0.572. The molecule has 0 aliphatic heterocycles. The van der Waals surface area contributed by atoms with E-state index in [0.29, 0.717) is 11.4 Å². The van der Waals surface area contributed by atoms with Crippen molar-refractivity contribution < 1.29 is 9.90 Å². The summed E-state index contributed by atoms with van der Waals surface area (Å²) in [5.74, 6) is -0.494. The first-order valence-corrected chi connectivity index (χ1v) is 3.65. The van der Waals surface area contributed by atoms with Crippen LogP contribution in [0.5, 0.6) is 0 Å². The minimum atomic E-state index is -0.911. The van der Waals surface area contributed by atoms with Crippen molar-refractivity contribution >= 4 is 47.1 Å². The fraction of sp³-hybridized carbons (Fsp3) is 0.125. The van der Waals surface area contributed by atoms with E-state index in [0.717, 1.165) is 5.56 Å². The van der Waals surface area contributed by atoms with Crippen LogP contribution in [0.2, 0.25) is 0 Å². The molecular formula is C8H8ClNaO2. The third-order valence-electron chi connectivity index (χ3n) is 1.36. The van der Waals surface area contributed by atoms with E-state index in [9.17, 15) is 4.79 Å². The van der Waals surface area contributed by atoms with E-state index in [2.05, 4.69) is 0 Å². The molecule has 1 aromatic rings. The second-order valence-electron chi connectivity index (χ2n) is 2.14. The third kappa shape index (κ3) is 3.15. The molecular weight excluding hydrogens is 187 g/mol. The molecule has 1 rings (SSSR count). The van der Waals surface area contributed by atoms with Crippen molar-refractivity contribution in [2.75, 3.05) is 0 Å². The van der Waals surface area contributed by atoms with Crippen LogP contribution in [0.1, 0.15) is 15.9 Å². The Morgan fingerprint density at radius 3 is 2.17 bits per heavy atom. The van der Waals surface area contributed by atoms with Crippen molar-refractivity contribution in [1.29, 1.82) is 0 Å². The fourth-order valence-electron chi connectivity index (χ4n) is 0.736.